The Morgan fingerprint density at radius 3 is 2.64 bits per heavy atom. The Labute approximate surface area is 191 Å². The molecule has 1 aromatic heterocycles. The summed E-state index contributed by atoms with van der Waals surface area (Å²) in [7, 11) is 0. The zero-order chi connectivity index (χ0) is 24.0. The third kappa shape index (κ3) is 6.77. The van der Waals surface area contributed by atoms with Crippen LogP contribution in [0.1, 0.15) is 22.5 Å². The highest BCUT2D eigenvalue weighted by atomic mass is 35.5. The maximum absolute atomic E-state index is 14.2. The molecule has 2 aromatic carbocycles. The molecule has 2 N–H and O–H groups in total. The molecule has 0 saturated heterocycles. The van der Waals surface area contributed by atoms with Crippen molar-refractivity contribution in [2.45, 2.75) is 25.7 Å². The number of carbonyl (C=O) groups is 1. The van der Waals surface area contributed by atoms with Gasteiger partial charge >= 0.3 is 6.18 Å². The van der Waals surface area contributed by atoms with Crippen LogP contribution in [-0.2, 0) is 35.3 Å². The second-order valence-corrected chi connectivity index (χ2v) is 7.50. The highest BCUT2D eigenvalue weighted by Gasteiger charge is 2.35. The average Bonchev–Trinajstić information content (AvgIpc) is 3.19. The summed E-state index contributed by atoms with van der Waals surface area (Å²) in [6.07, 6.45) is -4.84. The Morgan fingerprint density at radius 2 is 1.97 bits per heavy atom. The summed E-state index contributed by atoms with van der Waals surface area (Å²) in [6, 6.07) is 11.2. The van der Waals surface area contributed by atoms with Gasteiger partial charge in [0.2, 0.25) is 5.91 Å². The molecule has 176 valence electrons. The minimum Gasteiger partial charge on any atom is -0.394 e. The van der Waals surface area contributed by atoms with E-state index in [4.69, 9.17) is 21.4 Å². The predicted molar refractivity (Wildman–Crippen MR) is 112 cm³/mol. The molecular formula is C22H20ClF4N3O3. The van der Waals surface area contributed by atoms with E-state index in [0.717, 1.165) is 10.7 Å². The standard InChI is InChI=1S/C22H20ClF4N3O3/c23-16-2-1-3-17(10-16)30-18(11-20(29-30)22(25,26)27)12-28-21(32)9-14-4-5-15(19(24)8-14)13-33-7-6-31/h1-5,8,10-11,31H,6-7,9,12-13H2,(H,28,32). The lowest BCUT2D eigenvalue weighted by atomic mass is 10.1. The Morgan fingerprint density at radius 1 is 1.18 bits per heavy atom. The van der Waals surface area contributed by atoms with E-state index in [1.165, 1.54) is 18.2 Å². The second-order valence-electron chi connectivity index (χ2n) is 7.07. The van der Waals surface area contributed by atoms with Crippen molar-refractivity contribution in [1.29, 1.82) is 0 Å². The van der Waals surface area contributed by atoms with Crippen LogP contribution < -0.4 is 5.32 Å². The van der Waals surface area contributed by atoms with Crippen molar-refractivity contribution >= 4 is 17.5 Å². The molecular weight excluding hydrogens is 466 g/mol. The monoisotopic (exact) mass is 485 g/mol. The van der Waals surface area contributed by atoms with Gasteiger partial charge in [0.15, 0.2) is 5.69 Å². The topological polar surface area (TPSA) is 76.4 Å². The molecule has 1 amide bonds. The van der Waals surface area contributed by atoms with Crippen LogP contribution in [-0.4, -0.2) is 34.0 Å². The van der Waals surface area contributed by atoms with Gasteiger partial charge in [-0.05, 0) is 35.9 Å². The molecule has 11 heteroatoms. The zero-order valence-corrected chi connectivity index (χ0v) is 18.0. The molecule has 3 aromatic rings. The summed E-state index contributed by atoms with van der Waals surface area (Å²) in [6.45, 7) is -0.357. The largest absolute Gasteiger partial charge is 0.435 e. The maximum Gasteiger partial charge on any atom is 0.435 e. The fraction of sp³-hybridized carbons (Fsp3) is 0.273. The molecule has 3 rings (SSSR count). The number of halogens is 5. The third-order valence-electron chi connectivity index (χ3n) is 4.57. The first-order chi connectivity index (χ1) is 15.7. The molecule has 0 radical (unpaired) electrons. The molecule has 0 spiro atoms. The van der Waals surface area contributed by atoms with Crippen LogP contribution in [0.5, 0.6) is 0 Å². The van der Waals surface area contributed by atoms with E-state index < -0.39 is 23.6 Å². The van der Waals surface area contributed by atoms with E-state index in [1.807, 2.05) is 0 Å². The van der Waals surface area contributed by atoms with Crippen LogP contribution in [0.15, 0.2) is 48.5 Å². The van der Waals surface area contributed by atoms with Crippen molar-refractivity contribution in [3.05, 3.63) is 81.9 Å². The van der Waals surface area contributed by atoms with E-state index in [9.17, 15) is 22.4 Å². The highest BCUT2D eigenvalue weighted by molar-refractivity contribution is 6.30. The van der Waals surface area contributed by atoms with Gasteiger partial charge in [-0.2, -0.15) is 18.3 Å². The number of aliphatic hydroxyl groups excluding tert-OH is 1. The lowest BCUT2D eigenvalue weighted by Gasteiger charge is -2.10. The maximum atomic E-state index is 14.2. The fourth-order valence-electron chi connectivity index (χ4n) is 3.02. The first-order valence-electron chi connectivity index (χ1n) is 9.82. The number of ether oxygens (including phenoxy) is 1. The van der Waals surface area contributed by atoms with Gasteiger partial charge in [-0.15, -0.1) is 0 Å². The first kappa shape index (κ1) is 24.7. The molecule has 0 fully saturated rings. The summed E-state index contributed by atoms with van der Waals surface area (Å²) in [4.78, 5) is 12.3. The number of nitrogens with one attached hydrogen (secondary N) is 1. The average molecular weight is 486 g/mol. The lowest BCUT2D eigenvalue weighted by molar-refractivity contribution is -0.141. The number of carbonyl (C=O) groups excluding carboxylic acids is 1. The Balaban J connectivity index is 1.69. The second kappa shape index (κ2) is 10.8. The minimum atomic E-state index is -4.66. The van der Waals surface area contributed by atoms with Gasteiger partial charge in [0.05, 0.1) is 44.2 Å². The molecule has 33 heavy (non-hydrogen) atoms. The van der Waals surface area contributed by atoms with Gasteiger partial charge in [-0.1, -0.05) is 29.8 Å². The van der Waals surface area contributed by atoms with E-state index in [1.54, 1.807) is 24.3 Å². The van der Waals surface area contributed by atoms with E-state index >= 15 is 0 Å². The molecule has 0 unspecified atom stereocenters. The van der Waals surface area contributed by atoms with Crippen LogP contribution in [0.2, 0.25) is 5.02 Å². The first-order valence-corrected chi connectivity index (χ1v) is 10.2. The fourth-order valence-corrected chi connectivity index (χ4v) is 3.20. The molecule has 1 heterocycles. The van der Waals surface area contributed by atoms with Crippen molar-refractivity contribution < 1.29 is 32.2 Å². The van der Waals surface area contributed by atoms with Crippen molar-refractivity contribution in [3.8, 4) is 5.69 Å². The van der Waals surface area contributed by atoms with Crippen LogP contribution in [0.4, 0.5) is 17.6 Å². The Bertz CT molecular complexity index is 1120. The van der Waals surface area contributed by atoms with Crippen molar-refractivity contribution in [1.82, 2.24) is 15.1 Å². The summed E-state index contributed by atoms with van der Waals surface area (Å²) in [5, 5.41) is 15.2. The van der Waals surface area contributed by atoms with Crippen LogP contribution in [0.3, 0.4) is 0 Å². The highest BCUT2D eigenvalue weighted by Crippen LogP contribution is 2.30. The Hall–Kier alpha value is -2.95. The summed E-state index contributed by atoms with van der Waals surface area (Å²) in [5.74, 6) is -1.07. The third-order valence-corrected chi connectivity index (χ3v) is 4.80. The summed E-state index contributed by atoms with van der Waals surface area (Å²) >= 11 is 5.94. The normalized spacial score (nSPS) is 11.6. The number of rotatable bonds is 9. The molecule has 0 aliphatic carbocycles. The van der Waals surface area contributed by atoms with Crippen LogP contribution >= 0.6 is 11.6 Å². The predicted octanol–water partition coefficient (Wildman–Crippen LogP) is 4.05. The van der Waals surface area contributed by atoms with Gasteiger partial charge in [0.1, 0.15) is 5.82 Å². The van der Waals surface area contributed by atoms with E-state index in [0.29, 0.717) is 16.3 Å². The Kier molecular flexibility index (Phi) is 8.06. The van der Waals surface area contributed by atoms with Crippen molar-refractivity contribution in [2.75, 3.05) is 13.2 Å². The molecule has 0 aliphatic heterocycles. The molecule has 0 bridgehead atoms. The summed E-state index contributed by atoms with van der Waals surface area (Å²) in [5.41, 5.74) is -0.0374. The van der Waals surface area contributed by atoms with Gasteiger partial charge < -0.3 is 15.2 Å². The summed E-state index contributed by atoms with van der Waals surface area (Å²) < 4.78 is 59.9. The van der Waals surface area contributed by atoms with Gasteiger partial charge in [-0.3, -0.25) is 4.79 Å². The number of hydrogen-bond acceptors (Lipinski definition) is 4. The van der Waals surface area contributed by atoms with Crippen molar-refractivity contribution in [3.63, 3.8) is 0 Å². The zero-order valence-electron chi connectivity index (χ0n) is 17.2. The number of nitrogens with zero attached hydrogens (tertiary/aromatic N) is 2. The van der Waals surface area contributed by atoms with Gasteiger partial charge in [-0.25, -0.2) is 9.07 Å². The van der Waals surface area contributed by atoms with E-state index in [2.05, 4.69) is 10.4 Å². The number of benzene rings is 2. The van der Waals surface area contributed by atoms with Crippen molar-refractivity contribution in [2.24, 2.45) is 0 Å². The van der Waals surface area contributed by atoms with Gasteiger partial charge in [0.25, 0.3) is 0 Å². The number of alkyl halides is 3. The number of aromatic nitrogens is 2. The molecule has 0 atom stereocenters. The smallest absolute Gasteiger partial charge is 0.394 e. The SMILES string of the molecule is O=C(Cc1ccc(COCCO)c(F)c1)NCc1cc(C(F)(F)F)nn1-c1cccc(Cl)c1. The minimum absolute atomic E-state index is 0.0199. The van der Waals surface area contributed by atoms with Crippen LogP contribution in [0, 0.1) is 5.82 Å². The number of aliphatic hydroxyl groups is 1. The molecule has 0 saturated carbocycles. The van der Waals surface area contributed by atoms with E-state index in [-0.39, 0.29) is 44.0 Å². The number of hydrogen-bond donors (Lipinski definition) is 2. The quantitative estimate of drug-likeness (QED) is 0.354. The van der Waals surface area contributed by atoms with Crippen LogP contribution in [0.25, 0.3) is 5.69 Å². The molecule has 0 aliphatic rings. The number of amides is 1. The lowest BCUT2D eigenvalue weighted by Crippen LogP contribution is -2.25. The van der Waals surface area contributed by atoms with Gasteiger partial charge in [0, 0.05) is 10.6 Å². The molecule has 6 nitrogen and oxygen atoms in total.